The molecule has 118 valence electrons. The Morgan fingerprint density at radius 3 is 2.73 bits per heavy atom. The van der Waals surface area contributed by atoms with E-state index in [1.54, 1.807) is 0 Å². The van der Waals surface area contributed by atoms with Crippen molar-refractivity contribution in [3.8, 4) is 5.69 Å². The molecule has 0 saturated heterocycles. The molecule has 22 heavy (non-hydrogen) atoms. The summed E-state index contributed by atoms with van der Waals surface area (Å²) in [5.74, 6) is 0.500. The van der Waals surface area contributed by atoms with Gasteiger partial charge in [0.05, 0.1) is 17.4 Å². The monoisotopic (exact) mass is 313 g/mol. The van der Waals surface area contributed by atoms with Crippen molar-refractivity contribution in [1.29, 1.82) is 0 Å². The van der Waals surface area contributed by atoms with E-state index < -0.39 is 17.8 Å². The Kier molecular flexibility index (Phi) is 4.39. The van der Waals surface area contributed by atoms with Gasteiger partial charge in [-0.3, -0.25) is 4.57 Å². The maximum atomic E-state index is 12.8. The lowest BCUT2D eigenvalue weighted by molar-refractivity contribution is -0.137. The van der Waals surface area contributed by atoms with Crippen molar-refractivity contribution in [1.82, 2.24) is 9.88 Å². The largest absolute Gasteiger partial charge is 0.428 e. The van der Waals surface area contributed by atoms with Crippen LogP contribution < -0.4 is 11.0 Å². The summed E-state index contributed by atoms with van der Waals surface area (Å²) in [5, 5.41) is 2.30. The van der Waals surface area contributed by atoms with Crippen molar-refractivity contribution in [2.24, 2.45) is 4.99 Å². The molecule has 2 amide bonds. The second kappa shape index (κ2) is 6.08. The fourth-order valence-electron chi connectivity index (χ4n) is 1.79. The minimum Gasteiger partial charge on any atom is -0.428 e. The predicted octanol–water partition coefficient (Wildman–Crippen LogP) is 2.89. The highest BCUT2D eigenvalue weighted by molar-refractivity contribution is 5.74. The Labute approximate surface area is 124 Å². The van der Waals surface area contributed by atoms with Crippen LogP contribution in [0.5, 0.6) is 0 Å². The third-order valence-electron chi connectivity index (χ3n) is 2.91. The maximum absolute atomic E-state index is 12.8. The Morgan fingerprint density at radius 2 is 2.14 bits per heavy atom. The topological polar surface area (TPSA) is 59.5 Å². The van der Waals surface area contributed by atoms with Gasteiger partial charge >= 0.3 is 17.9 Å². The second-order valence-corrected chi connectivity index (χ2v) is 4.42. The summed E-state index contributed by atoms with van der Waals surface area (Å²) in [6.45, 7) is 1.82. The van der Waals surface area contributed by atoms with Crippen LogP contribution in [-0.2, 0) is 12.6 Å². The zero-order chi connectivity index (χ0) is 16.3. The Balaban J connectivity index is 2.60. The van der Waals surface area contributed by atoms with E-state index in [0.717, 1.165) is 12.1 Å². The standard InChI is InChI=1S/C14H14F3N3O2/c1-3-11-8-20(13(22-11)19-12(21)18-2)10-6-4-5-9(7-10)14(15,16)17/h4-8H,3H2,1-2H3,(H,18,21). The highest BCUT2D eigenvalue weighted by atomic mass is 19.4. The molecular formula is C14H14F3N3O2. The minimum atomic E-state index is -4.45. The highest BCUT2D eigenvalue weighted by Gasteiger charge is 2.30. The van der Waals surface area contributed by atoms with Gasteiger partial charge in [0.2, 0.25) is 0 Å². The lowest BCUT2D eigenvalue weighted by atomic mass is 10.2. The van der Waals surface area contributed by atoms with E-state index in [-0.39, 0.29) is 11.4 Å². The molecule has 1 aromatic heterocycles. The van der Waals surface area contributed by atoms with Crippen molar-refractivity contribution in [2.75, 3.05) is 7.05 Å². The number of hydrogen-bond donors (Lipinski definition) is 1. The highest BCUT2D eigenvalue weighted by Crippen LogP contribution is 2.30. The summed E-state index contributed by atoms with van der Waals surface area (Å²) in [6.07, 6.45) is -2.43. The molecule has 0 spiro atoms. The molecule has 2 aromatic rings. The summed E-state index contributed by atoms with van der Waals surface area (Å²) in [5.41, 5.74) is -0.668. The van der Waals surface area contributed by atoms with Crippen LogP contribution in [0.3, 0.4) is 0 Å². The normalized spacial score (nSPS) is 12.5. The summed E-state index contributed by atoms with van der Waals surface area (Å²) in [4.78, 5) is 15.0. The molecule has 0 atom stereocenters. The van der Waals surface area contributed by atoms with Crippen LogP contribution in [-0.4, -0.2) is 17.6 Å². The molecule has 1 heterocycles. The number of carbonyl (C=O) groups is 1. The summed E-state index contributed by atoms with van der Waals surface area (Å²) < 4.78 is 45.1. The van der Waals surface area contributed by atoms with Gasteiger partial charge in [-0.2, -0.15) is 13.2 Å². The summed E-state index contributed by atoms with van der Waals surface area (Å²) in [6, 6.07) is 4.05. The van der Waals surface area contributed by atoms with Gasteiger partial charge in [-0.25, -0.2) is 4.79 Å². The molecule has 5 nitrogen and oxygen atoms in total. The number of amides is 2. The fraction of sp³-hybridized carbons (Fsp3) is 0.286. The van der Waals surface area contributed by atoms with E-state index in [2.05, 4.69) is 10.3 Å². The van der Waals surface area contributed by atoms with Gasteiger partial charge in [0.15, 0.2) is 0 Å². The van der Waals surface area contributed by atoms with E-state index in [0.29, 0.717) is 12.2 Å². The molecule has 0 unspecified atom stereocenters. The molecule has 0 aliphatic heterocycles. The zero-order valence-corrected chi connectivity index (χ0v) is 11.9. The number of rotatable bonds is 2. The van der Waals surface area contributed by atoms with Crippen molar-refractivity contribution >= 4 is 6.03 Å². The molecule has 0 saturated carbocycles. The van der Waals surface area contributed by atoms with E-state index in [9.17, 15) is 18.0 Å². The molecule has 0 bridgehead atoms. The number of nitrogens with zero attached hydrogens (tertiary/aromatic N) is 2. The van der Waals surface area contributed by atoms with Crippen LogP contribution in [0, 0.1) is 0 Å². The lowest BCUT2D eigenvalue weighted by Gasteiger charge is -2.08. The quantitative estimate of drug-likeness (QED) is 0.927. The number of halogens is 3. The molecule has 0 radical (unpaired) electrons. The van der Waals surface area contributed by atoms with Crippen LogP contribution >= 0.6 is 0 Å². The van der Waals surface area contributed by atoms with Crippen molar-refractivity contribution in [3.63, 3.8) is 0 Å². The number of aryl methyl sites for hydroxylation is 1. The molecule has 8 heteroatoms. The van der Waals surface area contributed by atoms with Crippen molar-refractivity contribution < 1.29 is 22.4 Å². The van der Waals surface area contributed by atoms with Crippen LogP contribution in [0.2, 0.25) is 0 Å². The molecule has 0 aliphatic rings. The molecule has 1 N–H and O–H groups in total. The van der Waals surface area contributed by atoms with E-state index in [1.807, 2.05) is 6.92 Å². The first-order chi connectivity index (χ1) is 10.3. The minimum absolute atomic E-state index is 0.0875. The van der Waals surface area contributed by atoms with Crippen LogP contribution in [0.1, 0.15) is 18.2 Å². The van der Waals surface area contributed by atoms with Crippen LogP contribution in [0.15, 0.2) is 39.9 Å². The van der Waals surface area contributed by atoms with E-state index in [1.165, 1.54) is 29.9 Å². The van der Waals surface area contributed by atoms with Crippen LogP contribution in [0.25, 0.3) is 5.69 Å². The van der Waals surface area contributed by atoms with Gasteiger partial charge in [-0.1, -0.05) is 13.0 Å². The van der Waals surface area contributed by atoms with Crippen molar-refractivity contribution in [3.05, 3.63) is 47.5 Å². The molecule has 0 aliphatic carbocycles. The number of hydrogen-bond acceptors (Lipinski definition) is 2. The molecule has 0 fully saturated rings. The number of aromatic nitrogens is 1. The lowest BCUT2D eigenvalue weighted by Crippen LogP contribution is -2.21. The van der Waals surface area contributed by atoms with Gasteiger partial charge < -0.3 is 9.73 Å². The smallest absolute Gasteiger partial charge is 0.416 e. The van der Waals surface area contributed by atoms with Gasteiger partial charge in [-0.05, 0) is 18.2 Å². The number of benzene rings is 1. The second-order valence-electron chi connectivity index (χ2n) is 4.42. The number of oxazole rings is 1. The summed E-state index contributed by atoms with van der Waals surface area (Å²) in [7, 11) is 1.39. The van der Waals surface area contributed by atoms with Gasteiger partial charge in [0, 0.05) is 13.5 Å². The number of carbonyl (C=O) groups excluding carboxylic acids is 1. The molecule has 2 rings (SSSR count). The van der Waals surface area contributed by atoms with Crippen LogP contribution in [0.4, 0.5) is 18.0 Å². The molecular weight excluding hydrogens is 299 g/mol. The average molecular weight is 313 g/mol. The predicted molar refractivity (Wildman–Crippen MR) is 72.4 cm³/mol. The number of nitrogens with one attached hydrogen (secondary N) is 1. The first-order valence-electron chi connectivity index (χ1n) is 6.50. The maximum Gasteiger partial charge on any atom is 0.416 e. The zero-order valence-electron chi connectivity index (χ0n) is 11.9. The Morgan fingerprint density at radius 1 is 1.41 bits per heavy atom. The number of urea groups is 1. The van der Waals surface area contributed by atoms with E-state index >= 15 is 0 Å². The van der Waals surface area contributed by atoms with E-state index in [4.69, 9.17) is 4.42 Å². The molecule has 1 aromatic carbocycles. The summed E-state index contributed by atoms with van der Waals surface area (Å²) >= 11 is 0. The Bertz CT molecular complexity index is 744. The van der Waals surface area contributed by atoms with Gasteiger partial charge in [-0.15, -0.1) is 4.99 Å². The first kappa shape index (κ1) is 15.9. The first-order valence-corrected chi connectivity index (χ1v) is 6.50. The third kappa shape index (κ3) is 3.38. The average Bonchev–Trinajstić information content (AvgIpc) is 2.89. The van der Waals surface area contributed by atoms with Crippen molar-refractivity contribution in [2.45, 2.75) is 19.5 Å². The number of alkyl halides is 3. The van der Waals surface area contributed by atoms with Gasteiger partial charge in [0.25, 0.3) is 0 Å². The SMILES string of the molecule is CCc1cn(-c2cccc(C(F)(F)F)c2)c(=NC(=O)NC)o1. The van der Waals surface area contributed by atoms with Gasteiger partial charge in [0.1, 0.15) is 5.76 Å². The fourth-order valence-corrected chi connectivity index (χ4v) is 1.79. The third-order valence-corrected chi connectivity index (χ3v) is 2.91. The Hall–Kier alpha value is -2.51.